The summed E-state index contributed by atoms with van der Waals surface area (Å²) in [6.07, 6.45) is 2.84. The number of anilines is 1. The van der Waals surface area contributed by atoms with E-state index in [2.05, 4.69) is 27.8 Å². The van der Waals surface area contributed by atoms with Crippen LogP contribution >= 0.6 is 24.0 Å². The molecule has 0 fully saturated rings. The number of pyridine rings is 1. The second kappa shape index (κ2) is 9.37. The lowest BCUT2D eigenvalue weighted by molar-refractivity contribution is 0.414. The summed E-state index contributed by atoms with van der Waals surface area (Å²) < 4.78 is 5.15. The first-order valence-electron chi connectivity index (χ1n) is 7.42. The topological polar surface area (TPSA) is 46.2 Å². The maximum Gasteiger partial charge on any atom is 0.171 e. The summed E-state index contributed by atoms with van der Waals surface area (Å²) in [5.74, 6) is 2.68. The summed E-state index contributed by atoms with van der Waals surface area (Å²) in [6.45, 7) is 2.84. The van der Waals surface area contributed by atoms with Crippen LogP contribution in [0.2, 0.25) is 0 Å². The number of methoxy groups -OCH3 is 1. The lowest BCUT2D eigenvalue weighted by atomic mass is 10.3. The second-order valence-electron chi connectivity index (χ2n) is 4.98. The van der Waals surface area contributed by atoms with E-state index in [-0.39, 0.29) is 0 Å². The van der Waals surface area contributed by atoms with Crippen LogP contribution in [0.1, 0.15) is 12.0 Å². The molecule has 2 rings (SSSR count). The van der Waals surface area contributed by atoms with E-state index in [1.54, 1.807) is 7.11 Å². The predicted octanol–water partition coefficient (Wildman–Crippen LogP) is 3.87. The van der Waals surface area contributed by atoms with Crippen molar-refractivity contribution in [3.05, 3.63) is 48.2 Å². The monoisotopic (exact) mass is 347 g/mol. The SMILES string of the molecule is COc1ccc(SCCCNC(=S)Nc2ccc(C)cn2)cc1. The second-order valence-corrected chi connectivity index (χ2v) is 6.56. The number of aryl methyl sites for hydroxylation is 1. The van der Waals surface area contributed by atoms with E-state index in [0.717, 1.165) is 35.8 Å². The Kier molecular flexibility index (Phi) is 7.16. The maximum absolute atomic E-state index is 5.26. The van der Waals surface area contributed by atoms with Crippen LogP contribution in [0.25, 0.3) is 0 Å². The highest BCUT2D eigenvalue weighted by Gasteiger charge is 1.99. The number of hydrogen-bond donors (Lipinski definition) is 2. The van der Waals surface area contributed by atoms with E-state index in [4.69, 9.17) is 17.0 Å². The third-order valence-electron chi connectivity index (χ3n) is 3.09. The molecular weight excluding hydrogens is 326 g/mol. The minimum atomic E-state index is 0.607. The van der Waals surface area contributed by atoms with Crippen LogP contribution in [0.3, 0.4) is 0 Å². The Morgan fingerprint density at radius 2 is 2.00 bits per heavy atom. The van der Waals surface area contributed by atoms with Gasteiger partial charge in [-0.25, -0.2) is 4.98 Å². The van der Waals surface area contributed by atoms with Crippen LogP contribution in [0.15, 0.2) is 47.5 Å². The average Bonchev–Trinajstić information content (AvgIpc) is 2.57. The number of nitrogens with one attached hydrogen (secondary N) is 2. The van der Waals surface area contributed by atoms with E-state index >= 15 is 0 Å². The Hall–Kier alpha value is -1.79. The molecular formula is C17H21N3OS2. The summed E-state index contributed by atoms with van der Waals surface area (Å²) in [5, 5.41) is 6.88. The number of aromatic nitrogens is 1. The lowest BCUT2D eigenvalue weighted by Gasteiger charge is -2.10. The van der Waals surface area contributed by atoms with Crippen molar-refractivity contribution in [1.29, 1.82) is 0 Å². The van der Waals surface area contributed by atoms with Gasteiger partial charge in [-0.05, 0) is 67.2 Å². The Labute approximate surface area is 147 Å². The summed E-state index contributed by atoms with van der Waals surface area (Å²) in [5.41, 5.74) is 1.13. The molecule has 0 aliphatic heterocycles. The Morgan fingerprint density at radius 1 is 1.22 bits per heavy atom. The van der Waals surface area contributed by atoms with Gasteiger partial charge >= 0.3 is 0 Å². The van der Waals surface area contributed by atoms with Crippen molar-refractivity contribution >= 4 is 34.9 Å². The van der Waals surface area contributed by atoms with E-state index in [0.29, 0.717) is 5.11 Å². The highest BCUT2D eigenvalue weighted by Crippen LogP contribution is 2.21. The number of nitrogens with zero attached hydrogens (tertiary/aromatic N) is 1. The van der Waals surface area contributed by atoms with E-state index in [9.17, 15) is 0 Å². The molecule has 122 valence electrons. The molecule has 0 saturated carbocycles. The van der Waals surface area contributed by atoms with Crippen LogP contribution in [-0.2, 0) is 0 Å². The normalized spacial score (nSPS) is 10.2. The zero-order valence-corrected chi connectivity index (χ0v) is 15.0. The molecule has 0 unspecified atom stereocenters. The molecule has 0 spiro atoms. The van der Waals surface area contributed by atoms with Gasteiger partial charge in [0, 0.05) is 17.6 Å². The van der Waals surface area contributed by atoms with Gasteiger partial charge in [0.05, 0.1) is 7.11 Å². The largest absolute Gasteiger partial charge is 0.497 e. The maximum atomic E-state index is 5.26. The fraction of sp³-hybridized carbons (Fsp3) is 0.294. The molecule has 1 heterocycles. The number of rotatable bonds is 7. The third-order valence-corrected chi connectivity index (χ3v) is 4.43. The summed E-state index contributed by atoms with van der Waals surface area (Å²) in [7, 11) is 1.68. The quantitative estimate of drug-likeness (QED) is 0.450. The minimum absolute atomic E-state index is 0.607. The molecule has 0 aliphatic carbocycles. The number of benzene rings is 1. The standard InChI is InChI=1S/C17H21N3OS2/c1-13-4-9-16(19-12-13)20-17(22)18-10-3-11-23-15-7-5-14(21-2)6-8-15/h4-9,12H,3,10-11H2,1-2H3,(H2,18,19,20,22). The highest BCUT2D eigenvalue weighted by atomic mass is 32.2. The molecule has 0 atom stereocenters. The van der Waals surface area contributed by atoms with E-state index < -0.39 is 0 Å². The molecule has 0 bridgehead atoms. The van der Waals surface area contributed by atoms with Gasteiger partial charge in [0.2, 0.25) is 0 Å². The summed E-state index contributed by atoms with van der Waals surface area (Å²) in [4.78, 5) is 5.51. The van der Waals surface area contributed by atoms with Gasteiger partial charge in [-0.1, -0.05) is 6.07 Å². The zero-order valence-electron chi connectivity index (χ0n) is 13.3. The molecule has 4 nitrogen and oxygen atoms in total. The molecule has 2 N–H and O–H groups in total. The number of thioether (sulfide) groups is 1. The Balaban J connectivity index is 1.61. The van der Waals surface area contributed by atoms with Crippen molar-refractivity contribution in [2.24, 2.45) is 0 Å². The van der Waals surface area contributed by atoms with E-state index in [1.807, 2.05) is 49.1 Å². The Bertz CT molecular complexity index is 615. The van der Waals surface area contributed by atoms with Crippen LogP contribution in [-0.4, -0.2) is 29.5 Å². The lowest BCUT2D eigenvalue weighted by Crippen LogP contribution is -2.29. The minimum Gasteiger partial charge on any atom is -0.497 e. The van der Waals surface area contributed by atoms with Crippen molar-refractivity contribution in [2.75, 3.05) is 24.7 Å². The van der Waals surface area contributed by atoms with Gasteiger partial charge in [0.1, 0.15) is 11.6 Å². The molecule has 6 heteroatoms. The smallest absolute Gasteiger partial charge is 0.171 e. The summed E-state index contributed by atoms with van der Waals surface area (Å²) >= 11 is 7.08. The van der Waals surface area contributed by atoms with Gasteiger partial charge < -0.3 is 15.4 Å². The molecule has 0 aliphatic rings. The van der Waals surface area contributed by atoms with Crippen molar-refractivity contribution in [1.82, 2.24) is 10.3 Å². The molecule has 1 aromatic heterocycles. The fourth-order valence-corrected chi connectivity index (χ4v) is 2.90. The molecule has 1 aromatic carbocycles. The fourth-order valence-electron chi connectivity index (χ4n) is 1.84. The van der Waals surface area contributed by atoms with Crippen molar-refractivity contribution < 1.29 is 4.74 Å². The number of thiocarbonyl (C=S) groups is 1. The first kappa shape index (κ1) is 17.6. The third kappa shape index (κ3) is 6.46. The first-order valence-corrected chi connectivity index (χ1v) is 8.81. The molecule has 0 amide bonds. The van der Waals surface area contributed by atoms with E-state index in [1.165, 1.54) is 4.90 Å². The van der Waals surface area contributed by atoms with Crippen molar-refractivity contribution in [3.8, 4) is 5.75 Å². The summed E-state index contributed by atoms with van der Waals surface area (Å²) in [6, 6.07) is 12.0. The van der Waals surface area contributed by atoms with Crippen molar-refractivity contribution in [2.45, 2.75) is 18.2 Å². The molecule has 23 heavy (non-hydrogen) atoms. The highest BCUT2D eigenvalue weighted by molar-refractivity contribution is 7.99. The molecule has 2 aromatic rings. The van der Waals surface area contributed by atoms with Crippen LogP contribution < -0.4 is 15.4 Å². The number of ether oxygens (including phenoxy) is 1. The van der Waals surface area contributed by atoms with Gasteiger partial charge in [-0.15, -0.1) is 11.8 Å². The van der Waals surface area contributed by atoms with Gasteiger partial charge in [0.15, 0.2) is 5.11 Å². The van der Waals surface area contributed by atoms with Crippen molar-refractivity contribution in [3.63, 3.8) is 0 Å². The van der Waals surface area contributed by atoms with Gasteiger partial charge in [-0.2, -0.15) is 0 Å². The molecule has 0 saturated heterocycles. The predicted molar refractivity (Wildman–Crippen MR) is 102 cm³/mol. The van der Waals surface area contributed by atoms with Crippen LogP contribution in [0.5, 0.6) is 5.75 Å². The first-order chi connectivity index (χ1) is 11.2. The zero-order chi connectivity index (χ0) is 16.5. The van der Waals surface area contributed by atoms with Gasteiger partial charge in [-0.3, -0.25) is 0 Å². The average molecular weight is 348 g/mol. The van der Waals surface area contributed by atoms with Crippen LogP contribution in [0.4, 0.5) is 5.82 Å². The number of hydrogen-bond acceptors (Lipinski definition) is 4. The van der Waals surface area contributed by atoms with Gasteiger partial charge in [0.25, 0.3) is 0 Å². The molecule has 0 radical (unpaired) electrons. The van der Waals surface area contributed by atoms with Crippen LogP contribution in [0, 0.1) is 6.92 Å². The Morgan fingerprint density at radius 3 is 2.65 bits per heavy atom.